The molecule has 2 aromatic carbocycles. The monoisotopic (exact) mass is 342 g/mol. The molecule has 0 spiro atoms. The lowest BCUT2D eigenvalue weighted by Gasteiger charge is -2.15. The number of carbonyl (C=O) groups is 2. The van der Waals surface area contributed by atoms with E-state index < -0.39 is 11.9 Å². The molecule has 3 rings (SSSR count). The number of carboxylic acid groups (broad SMARTS) is 2. The van der Waals surface area contributed by atoms with E-state index in [9.17, 15) is 9.59 Å². The second-order valence-electron chi connectivity index (χ2n) is 6.09. The number of carboxylic acids is 2. The highest BCUT2D eigenvalue weighted by Gasteiger charge is 2.06. The van der Waals surface area contributed by atoms with Gasteiger partial charge in [0.1, 0.15) is 0 Å². The highest BCUT2D eigenvalue weighted by atomic mass is 16.4. The van der Waals surface area contributed by atoms with Crippen molar-refractivity contribution in [3.63, 3.8) is 0 Å². The lowest BCUT2D eigenvalue weighted by molar-refractivity contribution is 0.0686. The number of rotatable bonds is 2. The molecule has 0 saturated heterocycles. The fourth-order valence-electron chi connectivity index (χ4n) is 2.47. The summed E-state index contributed by atoms with van der Waals surface area (Å²) in [4.78, 5) is 20.4. The first-order valence-corrected chi connectivity index (χ1v) is 8.57. The predicted octanol–water partition coefficient (Wildman–Crippen LogP) is 5.36. The van der Waals surface area contributed by atoms with E-state index in [1.807, 2.05) is 0 Å². The van der Waals surface area contributed by atoms with Crippen molar-refractivity contribution in [1.82, 2.24) is 0 Å². The van der Waals surface area contributed by atoms with Crippen LogP contribution in [0, 0.1) is 5.92 Å². The molecule has 2 N–H and O–H groups in total. The second-order valence-corrected chi connectivity index (χ2v) is 6.09. The van der Waals surface area contributed by atoms with Crippen molar-refractivity contribution < 1.29 is 19.8 Å². The molecule has 0 atom stereocenters. The Kier molecular flexibility index (Phi) is 9.68. The van der Waals surface area contributed by atoms with E-state index in [1.165, 1.54) is 32.1 Å². The molecule has 0 bridgehead atoms. The van der Waals surface area contributed by atoms with Crippen LogP contribution in [0.15, 0.2) is 60.7 Å². The van der Waals surface area contributed by atoms with Crippen LogP contribution in [0.5, 0.6) is 0 Å². The van der Waals surface area contributed by atoms with Gasteiger partial charge in [-0.05, 0) is 30.2 Å². The first-order valence-electron chi connectivity index (χ1n) is 8.57. The first kappa shape index (κ1) is 20.4. The van der Waals surface area contributed by atoms with Crippen LogP contribution in [0.4, 0.5) is 0 Å². The Bertz CT molecular complexity index is 567. The average Bonchev–Trinajstić information content (AvgIpc) is 2.65. The molecule has 1 aliphatic rings. The Morgan fingerprint density at radius 3 is 1.28 bits per heavy atom. The van der Waals surface area contributed by atoms with E-state index in [0.29, 0.717) is 11.1 Å². The minimum atomic E-state index is -0.879. The van der Waals surface area contributed by atoms with Crippen molar-refractivity contribution in [3.05, 3.63) is 71.8 Å². The van der Waals surface area contributed by atoms with Gasteiger partial charge in [0.05, 0.1) is 11.1 Å². The molecule has 0 amide bonds. The van der Waals surface area contributed by atoms with Crippen LogP contribution in [-0.2, 0) is 0 Å². The van der Waals surface area contributed by atoms with Gasteiger partial charge in [0.25, 0.3) is 0 Å². The van der Waals surface area contributed by atoms with Gasteiger partial charge in [-0.1, -0.05) is 75.4 Å². The minimum absolute atomic E-state index is 0.331. The summed E-state index contributed by atoms with van der Waals surface area (Å²) in [6, 6.07) is 16.6. The highest BCUT2D eigenvalue weighted by Crippen LogP contribution is 2.22. The zero-order chi connectivity index (χ0) is 18.5. The molecular formula is C21H26O4. The maximum atomic E-state index is 10.2. The van der Waals surface area contributed by atoms with Gasteiger partial charge < -0.3 is 10.2 Å². The molecule has 0 aromatic heterocycles. The molecule has 1 fully saturated rings. The molecule has 1 aliphatic carbocycles. The predicted molar refractivity (Wildman–Crippen MR) is 99.1 cm³/mol. The van der Waals surface area contributed by atoms with Crippen LogP contribution < -0.4 is 0 Å². The van der Waals surface area contributed by atoms with Crippen LogP contribution >= 0.6 is 0 Å². The Morgan fingerprint density at radius 1 is 0.720 bits per heavy atom. The van der Waals surface area contributed by atoms with Crippen LogP contribution in [0.3, 0.4) is 0 Å². The van der Waals surface area contributed by atoms with Gasteiger partial charge in [-0.2, -0.15) is 0 Å². The van der Waals surface area contributed by atoms with Crippen molar-refractivity contribution in [2.45, 2.75) is 39.0 Å². The molecular weight excluding hydrogens is 316 g/mol. The fraction of sp³-hybridized carbons (Fsp3) is 0.333. The molecule has 0 aliphatic heterocycles. The molecule has 0 unspecified atom stereocenters. The number of aromatic carboxylic acids is 2. The molecule has 0 heterocycles. The molecule has 25 heavy (non-hydrogen) atoms. The van der Waals surface area contributed by atoms with Crippen LogP contribution in [0.1, 0.15) is 59.7 Å². The number of hydrogen-bond acceptors (Lipinski definition) is 2. The molecule has 1 saturated carbocycles. The summed E-state index contributed by atoms with van der Waals surface area (Å²) in [5.74, 6) is -0.722. The Labute approximate surface area is 149 Å². The zero-order valence-electron chi connectivity index (χ0n) is 14.6. The molecule has 0 radical (unpaired) electrons. The third-order valence-electron chi connectivity index (χ3n) is 3.94. The summed E-state index contributed by atoms with van der Waals surface area (Å²) in [7, 11) is 0. The van der Waals surface area contributed by atoms with E-state index >= 15 is 0 Å². The maximum Gasteiger partial charge on any atom is 0.335 e. The first-order chi connectivity index (χ1) is 12.0. The normalized spacial score (nSPS) is 13.5. The topological polar surface area (TPSA) is 74.6 Å². The zero-order valence-corrected chi connectivity index (χ0v) is 14.6. The second kappa shape index (κ2) is 11.8. The van der Waals surface area contributed by atoms with Crippen molar-refractivity contribution in [2.75, 3.05) is 0 Å². The maximum absolute atomic E-state index is 10.2. The van der Waals surface area contributed by atoms with E-state index in [-0.39, 0.29) is 0 Å². The lowest BCUT2D eigenvalue weighted by atomic mass is 9.91. The van der Waals surface area contributed by atoms with Crippen molar-refractivity contribution in [1.29, 1.82) is 0 Å². The minimum Gasteiger partial charge on any atom is -0.478 e. The van der Waals surface area contributed by atoms with Crippen LogP contribution in [0.25, 0.3) is 0 Å². The van der Waals surface area contributed by atoms with Crippen molar-refractivity contribution >= 4 is 11.9 Å². The van der Waals surface area contributed by atoms with Gasteiger partial charge in [0.15, 0.2) is 0 Å². The van der Waals surface area contributed by atoms with Crippen LogP contribution in [0.2, 0.25) is 0 Å². The summed E-state index contributed by atoms with van der Waals surface area (Å²) in [5, 5.41) is 16.8. The van der Waals surface area contributed by atoms with Gasteiger partial charge in [-0.25, -0.2) is 9.59 Å². The Hall–Kier alpha value is -2.62. The standard InChI is InChI=1S/2C7H6O2.C7H14/c2*8-7(9)6-4-2-1-3-5-6;1-7-5-3-2-4-6-7/h2*1-5H,(H,8,9);7H,2-6H2,1H3. The average molecular weight is 342 g/mol. The summed E-state index contributed by atoms with van der Waals surface area (Å²) < 4.78 is 0. The third-order valence-corrected chi connectivity index (χ3v) is 3.94. The molecule has 2 aromatic rings. The summed E-state index contributed by atoms with van der Waals surface area (Å²) in [6.07, 6.45) is 7.44. The number of hydrogen-bond donors (Lipinski definition) is 2. The summed E-state index contributed by atoms with van der Waals surface area (Å²) >= 11 is 0. The summed E-state index contributed by atoms with van der Waals surface area (Å²) in [6.45, 7) is 2.36. The largest absolute Gasteiger partial charge is 0.478 e. The Morgan fingerprint density at radius 2 is 1.08 bits per heavy atom. The van der Waals surface area contributed by atoms with E-state index in [1.54, 1.807) is 60.7 Å². The van der Waals surface area contributed by atoms with Gasteiger partial charge in [-0.15, -0.1) is 0 Å². The van der Waals surface area contributed by atoms with E-state index in [2.05, 4.69) is 6.92 Å². The highest BCUT2D eigenvalue weighted by molar-refractivity contribution is 5.87. The summed E-state index contributed by atoms with van der Waals surface area (Å²) in [5.41, 5.74) is 0.662. The van der Waals surface area contributed by atoms with Gasteiger partial charge in [0.2, 0.25) is 0 Å². The van der Waals surface area contributed by atoms with Crippen LogP contribution in [-0.4, -0.2) is 22.2 Å². The van der Waals surface area contributed by atoms with E-state index in [4.69, 9.17) is 10.2 Å². The van der Waals surface area contributed by atoms with Gasteiger partial charge in [0, 0.05) is 0 Å². The molecule has 134 valence electrons. The Balaban J connectivity index is 0.000000189. The van der Waals surface area contributed by atoms with Gasteiger partial charge >= 0.3 is 11.9 Å². The third kappa shape index (κ3) is 9.30. The fourth-order valence-corrected chi connectivity index (χ4v) is 2.47. The molecule has 4 heteroatoms. The SMILES string of the molecule is CC1CCCCC1.O=C(O)c1ccccc1.O=C(O)c1ccccc1. The smallest absolute Gasteiger partial charge is 0.335 e. The van der Waals surface area contributed by atoms with Crippen molar-refractivity contribution in [3.8, 4) is 0 Å². The van der Waals surface area contributed by atoms with Gasteiger partial charge in [-0.3, -0.25) is 0 Å². The number of benzene rings is 2. The molecule has 4 nitrogen and oxygen atoms in total. The lowest BCUT2D eigenvalue weighted by Crippen LogP contribution is -1.99. The van der Waals surface area contributed by atoms with Crippen molar-refractivity contribution in [2.24, 2.45) is 5.92 Å². The quantitative estimate of drug-likeness (QED) is 0.771. The van der Waals surface area contributed by atoms with E-state index in [0.717, 1.165) is 5.92 Å².